The fraction of sp³-hybridized carbons (Fsp3) is 0.444. The average molecular weight is 529 g/mol. The Labute approximate surface area is 223 Å². The highest BCUT2D eigenvalue weighted by molar-refractivity contribution is 7.98. The second-order valence-electron chi connectivity index (χ2n) is 8.87. The van der Waals surface area contributed by atoms with Gasteiger partial charge >= 0.3 is 6.03 Å². The van der Waals surface area contributed by atoms with Crippen molar-refractivity contribution in [1.82, 2.24) is 30.5 Å². The van der Waals surface area contributed by atoms with E-state index in [1.54, 1.807) is 18.1 Å². The number of pyridine rings is 1. The third-order valence-electron chi connectivity index (χ3n) is 6.07. The predicted octanol–water partition coefficient (Wildman–Crippen LogP) is 5.23. The first kappa shape index (κ1) is 28.0. The lowest BCUT2D eigenvalue weighted by Gasteiger charge is -2.22. The topological polar surface area (TPSA) is 85.9 Å². The molecule has 0 spiro atoms. The number of hydrogen-bond acceptors (Lipinski definition) is 5. The number of nitrogens with one attached hydrogen (secondary N) is 3. The first-order valence-corrected chi connectivity index (χ1v) is 14.0. The van der Waals surface area contributed by atoms with Crippen molar-refractivity contribution >= 4 is 29.4 Å². The van der Waals surface area contributed by atoms with Crippen LogP contribution in [0.3, 0.4) is 0 Å². The Hall–Kier alpha value is -2.55. The molecule has 0 aliphatic carbocycles. The molecule has 7 nitrogen and oxygen atoms in total. The fourth-order valence-corrected chi connectivity index (χ4v) is 4.93. The molecule has 2 heterocycles. The molecule has 3 rings (SSSR count). The van der Waals surface area contributed by atoms with E-state index in [-0.39, 0.29) is 11.9 Å². The number of aromatic amines is 1. The molecule has 0 saturated carbocycles. The summed E-state index contributed by atoms with van der Waals surface area (Å²) in [6.45, 7) is 5.30. The molecule has 3 aromatic rings. The van der Waals surface area contributed by atoms with E-state index in [2.05, 4.69) is 55.7 Å². The van der Waals surface area contributed by atoms with Gasteiger partial charge in [0.15, 0.2) is 0 Å². The summed E-state index contributed by atoms with van der Waals surface area (Å²) in [5, 5.41) is 6.62. The van der Waals surface area contributed by atoms with Gasteiger partial charge in [-0.25, -0.2) is 9.78 Å². The molecule has 0 bridgehead atoms. The zero-order valence-corrected chi connectivity index (χ0v) is 22.7. The van der Waals surface area contributed by atoms with Crippen LogP contribution in [0.1, 0.15) is 47.8 Å². The van der Waals surface area contributed by atoms with Crippen LogP contribution in [0.5, 0.6) is 0 Å². The summed E-state index contributed by atoms with van der Waals surface area (Å²) in [6, 6.07) is 14.1. The maximum atomic E-state index is 12.0. The molecule has 9 heteroatoms. The number of carbonyl (C=O) groups is 1. The Morgan fingerprint density at radius 2 is 1.89 bits per heavy atom. The second kappa shape index (κ2) is 15.5. The van der Waals surface area contributed by atoms with E-state index in [0.29, 0.717) is 13.1 Å². The van der Waals surface area contributed by atoms with E-state index < -0.39 is 0 Å². The number of thioether (sulfide) groups is 1. The molecule has 194 valence electrons. The number of amides is 2. The molecule has 0 saturated heterocycles. The number of rotatable bonds is 15. The van der Waals surface area contributed by atoms with Gasteiger partial charge in [0.25, 0.3) is 0 Å². The minimum Gasteiger partial charge on any atom is -0.348 e. The molecule has 1 unspecified atom stereocenters. The number of aromatic nitrogens is 3. The first-order chi connectivity index (χ1) is 17.5. The Morgan fingerprint density at radius 3 is 2.61 bits per heavy atom. The minimum atomic E-state index is -0.0962. The van der Waals surface area contributed by atoms with Crippen molar-refractivity contribution in [2.75, 3.05) is 39.0 Å². The summed E-state index contributed by atoms with van der Waals surface area (Å²) in [7, 11) is 2.15. The van der Waals surface area contributed by atoms with Crippen LogP contribution in [-0.2, 0) is 5.75 Å². The molecule has 36 heavy (non-hydrogen) atoms. The maximum Gasteiger partial charge on any atom is 0.314 e. The van der Waals surface area contributed by atoms with E-state index >= 15 is 0 Å². The molecule has 0 radical (unpaired) electrons. The van der Waals surface area contributed by atoms with E-state index in [4.69, 9.17) is 11.6 Å². The second-order valence-corrected chi connectivity index (χ2v) is 10.4. The molecule has 0 aliphatic rings. The van der Waals surface area contributed by atoms with Crippen molar-refractivity contribution in [2.45, 2.75) is 37.9 Å². The van der Waals surface area contributed by atoms with Crippen LogP contribution in [0, 0.1) is 6.92 Å². The van der Waals surface area contributed by atoms with Crippen LogP contribution < -0.4 is 10.6 Å². The summed E-state index contributed by atoms with van der Waals surface area (Å²) in [4.78, 5) is 26.3. The lowest BCUT2D eigenvalue weighted by atomic mass is 9.92. The largest absolute Gasteiger partial charge is 0.348 e. The molecular weight excluding hydrogens is 492 g/mol. The van der Waals surface area contributed by atoms with Crippen molar-refractivity contribution in [3.63, 3.8) is 0 Å². The quantitative estimate of drug-likeness (QED) is 0.235. The summed E-state index contributed by atoms with van der Waals surface area (Å²) >= 11 is 7.86. The molecule has 3 N–H and O–H groups in total. The Balaban J connectivity index is 1.27. The third-order valence-corrected chi connectivity index (χ3v) is 7.30. The highest BCUT2D eigenvalue weighted by Crippen LogP contribution is 2.27. The maximum absolute atomic E-state index is 12.0. The smallest absolute Gasteiger partial charge is 0.314 e. The highest BCUT2D eigenvalue weighted by atomic mass is 35.5. The monoisotopic (exact) mass is 528 g/mol. The van der Waals surface area contributed by atoms with E-state index in [1.165, 1.54) is 5.56 Å². The minimum absolute atomic E-state index is 0.0962. The van der Waals surface area contributed by atoms with Crippen molar-refractivity contribution in [3.8, 4) is 0 Å². The van der Waals surface area contributed by atoms with Gasteiger partial charge in [0.2, 0.25) is 0 Å². The Morgan fingerprint density at radius 1 is 1.08 bits per heavy atom. The van der Waals surface area contributed by atoms with Crippen molar-refractivity contribution in [2.24, 2.45) is 0 Å². The van der Waals surface area contributed by atoms with Gasteiger partial charge in [-0.1, -0.05) is 29.8 Å². The Kier molecular flexibility index (Phi) is 12.1. The number of H-pyrrole nitrogens is 1. The standard InChI is InChI=1S/C27H37ClN6OS/c1-21-26(33-20-32-21)19-36-18-15-31-27(35)30-14-5-6-16-34(2)17-12-24(25-7-3-4-13-29-25)22-8-10-23(28)11-9-22/h3-4,7-11,13,20,24H,5-6,12,14-19H2,1-2H3,(H,32,33)(H2,30,31,35). The van der Waals surface area contributed by atoms with Gasteiger partial charge in [-0.2, -0.15) is 11.8 Å². The molecule has 0 aliphatic heterocycles. The number of unbranched alkanes of at least 4 members (excludes halogenated alkanes) is 1. The molecular formula is C27H37ClN6OS. The van der Waals surface area contributed by atoms with Gasteiger partial charge < -0.3 is 20.5 Å². The molecule has 0 fully saturated rings. The van der Waals surface area contributed by atoms with Crippen molar-refractivity contribution in [1.29, 1.82) is 0 Å². The van der Waals surface area contributed by atoms with Gasteiger partial charge in [0.05, 0.1) is 12.0 Å². The summed E-state index contributed by atoms with van der Waals surface area (Å²) in [5.74, 6) is 1.95. The summed E-state index contributed by atoms with van der Waals surface area (Å²) in [5.41, 5.74) is 4.49. The van der Waals surface area contributed by atoms with Crippen LogP contribution in [-0.4, -0.2) is 64.9 Å². The molecule has 2 amide bonds. The lowest BCUT2D eigenvalue weighted by Crippen LogP contribution is -2.37. The van der Waals surface area contributed by atoms with Gasteiger partial charge in [-0.05, 0) is 76.2 Å². The van der Waals surface area contributed by atoms with Crippen LogP contribution in [0.4, 0.5) is 4.79 Å². The fourth-order valence-electron chi connectivity index (χ4n) is 3.93. The van der Waals surface area contributed by atoms with E-state index in [9.17, 15) is 4.79 Å². The summed E-state index contributed by atoms with van der Waals surface area (Å²) < 4.78 is 0. The van der Waals surface area contributed by atoms with Gasteiger partial charge in [-0.3, -0.25) is 4.98 Å². The SMILES string of the molecule is Cc1[nH]cnc1CSCCNC(=O)NCCCCN(C)CCC(c1ccc(Cl)cc1)c1ccccn1. The van der Waals surface area contributed by atoms with Gasteiger partial charge in [0, 0.05) is 53.1 Å². The van der Waals surface area contributed by atoms with Crippen LogP contribution in [0.2, 0.25) is 5.02 Å². The van der Waals surface area contributed by atoms with Crippen molar-refractivity contribution in [3.05, 3.63) is 82.7 Å². The molecule has 1 aromatic carbocycles. The number of benzene rings is 1. The van der Waals surface area contributed by atoms with Crippen molar-refractivity contribution < 1.29 is 4.79 Å². The summed E-state index contributed by atoms with van der Waals surface area (Å²) in [6.07, 6.45) is 6.53. The van der Waals surface area contributed by atoms with E-state index in [0.717, 1.165) is 66.0 Å². The highest BCUT2D eigenvalue weighted by Gasteiger charge is 2.16. The number of urea groups is 1. The van der Waals surface area contributed by atoms with Gasteiger partial charge in [-0.15, -0.1) is 0 Å². The average Bonchev–Trinajstić information content (AvgIpc) is 3.30. The number of hydrogen-bond donors (Lipinski definition) is 3. The number of imidazole rings is 1. The predicted molar refractivity (Wildman–Crippen MR) is 150 cm³/mol. The molecule has 1 atom stereocenters. The number of halogens is 1. The zero-order chi connectivity index (χ0) is 25.6. The Bertz CT molecular complexity index is 1030. The number of carbonyl (C=O) groups excluding carboxylic acids is 1. The van der Waals surface area contributed by atoms with Crippen LogP contribution >= 0.6 is 23.4 Å². The third kappa shape index (κ3) is 9.84. The first-order valence-electron chi connectivity index (χ1n) is 12.5. The molecule has 2 aromatic heterocycles. The van der Waals surface area contributed by atoms with Gasteiger partial charge in [0.1, 0.15) is 0 Å². The lowest BCUT2D eigenvalue weighted by molar-refractivity contribution is 0.241. The van der Waals surface area contributed by atoms with Crippen LogP contribution in [0.15, 0.2) is 55.0 Å². The van der Waals surface area contributed by atoms with Crippen LogP contribution in [0.25, 0.3) is 0 Å². The number of nitrogens with zero attached hydrogens (tertiary/aromatic N) is 3. The number of aryl methyl sites for hydroxylation is 1. The zero-order valence-electron chi connectivity index (χ0n) is 21.2. The van der Waals surface area contributed by atoms with E-state index in [1.807, 2.05) is 37.4 Å². The normalized spacial score (nSPS) is 12.0.